The molecule has 1 aliphatic heterocycles. The first kappa shape index (κ1) is 22.2. The lowest BCUT2D eigenvalue weighted by molar-refractivity contribution is -0.120. The number of benzene rings is 3. The standard InChI is InChI=1S/C26H26N2O5/c1-31-22-14-19(15-23(32-2)24(22)33-3)27-25(29)21(13-17-9-5-4-6-10-17)28-16-18-11-7-8-12-20(18)26(28)30/h4-12,14-15,21H,13,16H2,1-3H3,(H,27,29)/t21-/m1/s1. The largest absolute Gasteiger partial charge is 0.493 e. The molecule has 0 saturated heterocycles. The van der Waals surface area contributed by atoms with Crippen LogP contribution in [0.3, 0.4) is 0 Å². The van der Waals surface area contributed by atoms with E-state index < -0.39 is 6.04 Å². The summed E-state index contributed by atoms with van der Waals surface area (Å²) in [6.07, 6.45) is 0.386. The third-order valence-electron chi connectivity index (χ3n) is 5.73. The van der Waals surface area contributed by atoms with E-state index >= 15 is 0 Å². The van der Waals surface area contributed by atoms with E-state index in [0.717, 1.165) is 11.1 Å². The minimum Gasteiger partial charge on any atom is -0.493 e. The molecule has 3 aromatic rings. The lowest BCUT2D eigenvalue weighted by Gasteiger charge is -2.27. The molecular weight excluding hydrogens is 420 g/mol. The van der Waals surface area contributed by atoms with Crippen molar-refractivity contribution in [3.8, 4) is 17.2 Å². The monoisotopic (exact) mass is 446 g/mol. The fourth-order valence-electron chi connectivity index (χ4n) is 4.09. The Morgan fingerprint density at radius 3 is 2.18 bits per heavy atom. The molecule has 1 aliphatic rings. The fraction of sp³-hybridized carbons (Fsp3) is 0.231. The van der Waals surface area contributed by atoms with Gasteiger partial charge in [-0.3, -0.25) is 9.59 Å². The highest BCUT2D eigenvalue weighted by Gasteiger charge is 2.36. The number of ether oxygens (including phenoxy) is 3. The zero-order chi connectivity index (χ0) is 23.4. The van der Waals surface area contributed by atoms with E-state index in [1.807, 2.05) is 48.5 Å². The van der Waals surface area contributed by atoms with Crippen LogP contribution in [-0.2, 0) is 17.8 Å². The van der Waals surface area contributed by atoms with Crippen molar-refractivity contribution in [2.45, 2.75) is 19.0 Å². The highest BCUT2D eigenvalue weighted by Crippen LogP contribution is 2.40. The Bertz CT molecular complexity index is 1140. The lowest BCUT2D eigenvalue weighted by atomic mass is 10.0. The summed E-state index contributed by atoms with van der Waals surface area (Å²) in [6, 6.07) is 19.8. The number of fused-ring (bicyclic) bond motifs is 1. The molecule has 33 heavy (non-hydrogen) atoms. The summed E-state index contributed by atoms with van der Waals surface area (Å²) in [5.41, 5.74) is 3.00. The summed E-state index contributed by atoms with van der Waals surface area (Å²) in [5, 5.41) is 2.94. The number of carbonyl (C=O) groups is 2. The summed E-state index contributed by atoms with van der Waals surface area (Å²) in [6.45, 7) is 0.384. The van der Waals surface area contributed by atoms with E-state index in [-0.39, 0.29) is 11.8 Å². The van der Waals surface area contributed by atoms with Gasteiger partial charge in [-0.2, -0.15) is 0 Å². The second-order valence-corrected chi connectivity index (χ2v) is 7.70. The van der Waals surface area contributed by atoms with Gasteiger partial charge in [-0.1, -0.05) is 48.5 Å². The predicted octanol–water partition coefficient (Wildman–Crippen LogP) is 3.92. The van der Waals surface area contributed by atoms with Crippen molar-refractivity contribution in [2.24, 2.45) is 0 Å². The van der Waals surface area contributed by atoms with Crippen molar-refractivity contribution < 1.29 is 23.8 Å². The van der Waals surface area contributed by atoms with Crippen molar-refractivity contribution in [3.63, 3.8) is 0 Å². The van der Waals surface area contributed by atoms with Gasteiger partial charge < -0.3 is 24.4 Å². The van der Waals surface area contributed by atoms with Crippen LogP contribution in [0.4, 0.5) is 5.69 Å². The second-order valence-electron chi connectivity index (χ2n) is 7.70. The van der Waals surface area contributed by atoms with E-state index in [0.29, 0.717) is 41.5 Å². The Morgan fingerprint density at radius 1 is 0.939 bits per heavy atom. The van der Waals surface area contributed by atoms with Gasteiger partial charge in [-0.15, -0.1) is 0 Å². The first-order valence-electron chi connectivity index (χ1n) is 10.6. The van der Waals surface area contributed by atoms with Crippen LogP contribution >= 0.6 is 0 Å². The highest BCUT2D eigenvalue weighted by atomic mass is 16.5. The van der Waals surface area contributed by atoms with E-state index in [1.54, 1.807) is 23.1 Å². The van der Waals surface area contributed by atoms with Crippen LogP contribution in [0.1, 0.15) is 21.5 Å². The Hall–Kier alpha value is -4.00. The molecule has 0 spiro atoms. The molecule has 3 aromatic carbocycles. The Kier molecular flexibility index (Phi) is 6.49. The number of amides is 2. The molecule has 1 atom stereocenters. The number of carbonyl (C=O) groups excluding carboxylic acids is 2. The van der Waals surface area contributed by atoms with Gasteiger partial charge in [0.05, 0.1) is 21.3 Å². The van der Waals surface area contributed by atoms with E-state index in [4.69, 9.17) is 14.2 Å². The molecular formula is C26H26N2O5. The number of hydrogen-bond acceptors (Lipinski definition) is 5. The molecule has 1 N–H and O–H groups in total. The van der Waals surface area contributed by atoms with E-state index in [2.05, 4.69) is 5.32 Å². The normalized spacial score (nSPS) is 13.3. The first-order valence-corrected chi connectivity index (χ1v) is 10.6. The molecule has 0 unspecified atom stereocenters. The molecule has 0 aromatic heterocycles. The topological polar surface area (TPSA) is 77.1 Å². The molecule has 0 bridgehead atoms. The van der Waals surface area contributed by atoms with Gasteiger partial charge in [-0.05, 0) is 17.2 Å². The van der Waals surface area contributed by atoms with Gasteiger partial charge in [0.2, 0.25) is 11.7 Å². The minimum absolute atomic E-state index is 0.147. The maximum atomic E-state index is 13.5. The quantitative estimate of drug-likeness (QED) is 0.568. The van der Waals surface area contributed by atoms with Crippen LogP contribution in [0.2, 0.25) is 0 Å². The molecule has 7 nitrogen and oxygen atoms in total. The smallest absolute Gasteiger partial charge is 0.255 e. The van der Waals surface area contributed by atoms with Crippen LogP contribution in [0.5, 0.6) is 17.2 Å². The lowest BCUT2D eigenvalue weighted by Crippen LogP contribution is -2.45. The van der Waals surface area contributed by atoms with Crippen LogP contribution in [0.25, 0.3) is 0 Å². The zero-order valence-electron chi connectivity index (χ0n) is 18.8. The van der Waals surface area contributed by atoms with Crippen LogP contribution in [0.15, 0.2) is 66.7 Å². The average molecular weight is 447 g/mol. The van der Waals surface area contributed by atoms with Gasteiger partial charge in [0.25, 0.3) is 5.91 Å². The number of hydrogen-bond donors (Lipinski definition) is 1. The molecule has 170 valence electrons. The molecule has 7 heteroatoms. The summed E-state index contributed by atoms with van der Waals surface area (Å²) in [4.78, 5) is 28.3. The van der Waals surface area contributed by atoms with Gasteiger partial charge in [0.1, 0.15) is 6.04 Å². The second kappa shape index (κ2) is 9.65. The minimum atomic E-state index is -0.702. The first-order chi connectivity index (χ1) is 16.0. The maximum Gasteiger partial charge on any atom is 0.255 e. The Labute approximate surface area is 192 Å². The molecule has 0 aliphatic carbocycles. The van der Waals surface area contributed by atoms with Crippen molar-refractivity contribution in [2.75, 3.05) is 26.6 Å². The van der Waals surface area contributed by atoms with E-state index in [1.165, 1.54) is 21.3 Å². The Balaban J connectivity index is 1.65. The number of nitrogens with one attached hydrogen (secondary N) is 1. The summed E-state index contributed by atoms with van der Waals surface area (Å²) >= 11 is 0. The van der Waals surface area contributed by atoms with Gasteiger partial charge in [0.15, 0.2) is 11.5 Å². The van der Waals surface area contributed by atoms with Crippen molar-refractivity contribution >= 4 is 17.5 Å². The molecule has 1 heterocycles. The third kappa shape index (κ3) is 4.48. The maximum absolute atomic E-state index is 13.5. The van der Waals surface area contributed by atoms with Crippen molar-refractivity contribution in [3.05, 3.63) is 83.4 Å². The van der Waals surface area contributed by atoms with Crippen molar-refractivity contribution in [1.82, 2.24) is 4.90 Å². The summed E-state index contributed by atoms with van der Waals surface area (Å²) in [7, 11) is 4.55. The number of methoxy groups -OCH3 is 3. The number of rotatable bonds is 8. The summed E-state index contributed by atoms with van der Waals surface area (Å²) < 4.78 is 16.2. The molecule has 0 saturated carbocycles. The molecule has 4 rings (SSSR count). The van der Waals surface area contributed by atoms with E-state index in [9.17, 15) is 9.59 Å². The summed E-state index contributed by atoms with van der Waals surface area (Å²) in [5.74, 6) is 0.845. The fourth-order valence-corrected chi connectivity index (χ4v) is 4.09. The van der Waals surface area contributed by atoms with Crippen LogP contribution in [0, 0.1) is 0 Å². The molecule has 0 fully saturated rings. The number of anilines is 1. The molecule has 0 radical (unpaired) electrons. The zero-order valence-corrected chi connectivity index (χ0v) is 18.8. The van der Waals surface area contributed by atoms with Gasteiger partial charge in [-0.25, -0.2) is 0 Å². The van der Waals surface area contributed by atoms with Crippen molar-refractivity contribution in [1.29, 1.82) is 0 Å². The highest BCUT2D eigenvalue weighted by molar-refractivity contribution is 6.03. The molecule has 2 amide bonds. The van der Waals surface area contributed by atoms with Gasteiger partial charge >= 0.3 is 0 Å². The average Bonchev–Trinajstić information content (AvgIpc) is 3.18. The van der Waals surface area contributed by atoms with Crippen LogP contribution in [-0.4, -0.2) is 44.1 Å². The Morgan fingerprint density at radius 2 is 1.58 bits per heavy atom. The third-order valence-corrected chi connectivity index (χ3v) is 5.73. The SMILES string of the molecule is COc1cc(NC(=O)[C@@H](Cc2ccccc2)N2Cc3ccccc3C2=O)cc(OC)c1OC. The number of nitrogens with zero attached hydrogens (tertiary/aromatic N) is 1. The predicted molar refractivity (Wildman–Crippen MR) is 125 cm³/mol. The van der Waals surface area contributed by atoms with Crippen LogP contribution < -0.4 is 19.5 Å². The van der Waals surface area contributed by atoms with Gasteiger partial charge in [0, 0.05) is 36.3 Å².